The lowest BCUT2D eigenvalue weighted by atomic mass is 10.2. The first-order valence-electron chi connectivity index (χ1n) is 4.11. The highest BCUT2D eigenvalue weighted by atomic mass is 16.5. The van der Waals surface area contributed by atoms with Gasteiger partial charge in [-0.1, -0.05) is 13.0 Å². The van der Waals surface area contributed by atoms with Crippen molar-refractivity contribution in [3.8, 4) is 0 Å². The van der Waals surface area contributed by atoms with Crippen LogP contribution in [-0.2, 0) is 9.53 Å². The molecule has 1 N–H and O–H groups in total. The summed E-state index contributed by atoms with van der Waals surface area (Å²) >= 11 is 0. The summed E-state index contributed by atoms with van der Waals surface area (Å²) in [6.45, 7) is 6.97. The second-order valence-electron chi connectivity index (χ2n) is 2.71. The van der Waals surface area contributed by atoms with Gasteiger partial charge in [0.05, 0.1) is 13.0 Å². The first-order chi connectivity index (χ1) is 5.72. The highest BCUT2D eigenvalue weighted by Gasteiger charge is 2.11. The zero-order valence-corrected chi connectivity index (χ0v) is 7.80. The fourth-order valence-corrected chi connectivity index (χ4v) is 0.807. The van der Waals surface area contributed by atoms with Gasteiger partial charge in [0.1, 0.15) is 0 Å². The van der Waals surface area contributed by atoms with Crippen molar-refractivity contribution in [1.29, 1.82) is 0 Å². The molecule has 1 atom stereocenters. The normalized spacial score (nSPS) is 12.2. The predicted octanol–water partition coefficient (Wildman–Crippen LogP) is 0.961. The van der Waals surface area contributed by atoms with Gasteiger partial charge in [-0.3, -0.25) is 4.79 Å². The van der Waals surface area contributed by atoms with Crippen LogP contribution in [0.1, 0.15) is 13.3 Å². The molecule has 0 aromatic carbocycles. The lowest BCUT2D eigenvalue weighted by molar-refractivity contribution is -0.144. The van der Waals surface area contributed by atoms with Crippen molar-refractivity contribution in [3.05, 3.63) is 12.7 Å². The molecule has 0 heterocycles. The van der Waals surface area contributed by atoms with E-state index in [0.29, 0.717) is 6.54 Å². The second kappa shape index (κ2) is 6.85. The summed E-state index contributed by atoms with van der Waals surface area (Å²) in [7, 11) is 1.41. The molecule has 0 fully saturated rings. The third kappa shape index (κ3) is 4.91. The zero-order chi connectivity index (χ0) is 9.40. The molecule has 70 valence electrons. The number of hydrogen-bond acceptors (Lipinski definition) is 3. The fraction of sp³-hybridized carbons (Fsp3) is 0.667. The number of esters is 1. The highest BCUT2D eigenvalue weighted by molar-refractivity contribution is 5.71. The topological polar surface area (TPSA) is 38.3 Å². The molecule has 12 heavy (non-hydrogen) atoms. The Morgan fingerprint density at radius 3 is 2.92 bits per heavy atom. The number of carbonyl (C=O) groups is 1. The van der Waals surface area contributed by atoms with Crippen molar-refractivity contribution < 1.29 is 9.53 Å². The molecule has 0 saturated heterocycles. The molecule has 3 heteroatoms. The Kier molecular flexibility index (Phi) is 6.38. The summed E-state index contributed by atoms with van der Waals surface area (Å²) in [5.74, 6) is -0.235. The van der Waals surface area contributed by atoms with E-state index in [1.807, 2.05) is 13.0 Å². The van der Waals surface area contributed by atoms with Crippen LogP contribution in [0.4, 0.5) is 0 Å². The minimum Gasteiger partial charge on any atom is -0.469 e. The van der Waals surface area contributed by atoms with E-state index in [9.17, 15) is 4.79 Å². The standard InChI is InChI=1S/C9H17NO2/c1-4-5-6-10-7-8(2)9(11)12-3/h4,8,10H,1,5-7H2,2-3H3. The quantitative estimate of drug-likeness (QED) is 0.367. The van der Waals surface area contributed by atoms with Gasteiger partial charge in [0.25, 0.3) is 0 Å². The Balaban J connectivity index is 3.36. The van der Waals surface area contributed by atoms with Crippen molar-refractivity contribution in [2.24, 2.45) is 5.92 Å². The maximum absolute atomic E-state index is 10.9. The monoisotopic (exact) mass is 171 g/mol. The zero-order valence-electron chi connectivity index (χ0n) is 7.80. The van der Waals surface area contributed by atoms with E-state index in [1.54, 1.807) is 0 Å². The molecule has 0 radical (unpaired) electrons. The van der Waals surface area contributed by atoms with Gasteiger partial charge in [0, 0.05) is 6.54 Å². The smallest absolute Gasteiger partial charge is 0.309 e. The Hall–Kier alpha value is -0.830. The van der Waals surface area contributed by atoms with E-state index in [-0.39, 0.29) is 11.9 Å². The fourth-order valence-electron chi connectivity index (χ4n) is 0.807. The number of carbonyl (C=O) groups excluding carboxylic acids is 1. The van der Waals surface area contributed by atoms with Crippen molar-refractivity contribution in [3.63, 3.8) is 0 Å². The molecular weight excluding hydrogens is 154 g/mol. The Labute approximate surface area is 73.8 Å². The molecule has 0 aliphatic heterocycles. The van der Waals surface area contributed by atoms with Crippen molar-refractivity contribution in [1.82, 2.24) is 5.32 Å². The van der Waals surface area contributed by atoms with Crippen LogP contribution >= 0.6 is 0 Å². The average Bonchev–Trinajstić information content (AvgIpc) is 2.10. The van der Waals surface area contributed by atoms with E-state index in [4.69, 9.17) is 0 Å². The largest absolute Gasteiger partial charge is 0.469 e. The molecule has 0 amide bonds. The molecule has 0 rings (SSSR count). The number of methoxy groups -OCH3 is 1. The minimum absolute atomic E-state index is 0.0696. The first kappa shape index (κ1) is 11.2. The first-order valence-corrected chi connectivity index (χ1v) is 4.11. The van der Waals surface area contributed by atoms with Crippen LogP contribution in [0.25, 0.3) is 0 Å². The number of hydrogen-bond donors (Lipinski definition) is 1. The Morgan fingerprint density at radius 2 is 2.42 bits per heavy atom. The lowest BCUT2D eigenvalue weighted by Gasteiger charge is -2.09. The molecule has 0 aliphatic rings. The van der Waals surface area contributed by atoms with Crippen molar-refractivity contribution in [2.75, 3.05) is 20.2 Å². The van der Waals surface area contributed by atoms with Gasteiger partial charge in [0.2, 0.25) is 0 Å². The van der Waals surface area contributed by atoms with Gasteiger partial charge in [-0.25, -0.2) is 0 Å². The summed E-state index contributed by atoms with van der Waals surface area (Å²) in [5, 5.41) is 3.13. The van der Waals surface area contributed by atoms with E-state index in [1.165, 1.54) is 7.11 Å². The van der Waals surface area contributed by atoms with Crippen LogP contribution in [0.2, 0.25) is 0 Å². The summed E-state index contributed by atoms with van der Waals surface area (Å²) in [4.78, 5) is 10.9. The van der Waals surface area contributed by atoms with Crippen LogP contribution in [0.3, 0.4) is 0 Å². The molecule has 0 bridgehead atoms. The van der Waals surface area contributed by atoms with Gasteiger partial charge in [-0.2, -0.15) is 0 Å². The van der Waals surface area contributed by atoms with Gasteiger partial charge < -0.3 is 10.1 Å². The van der Waals surface area contributed by atoms with E-state index < -0.39 is 0 Å². The maximum atomic E-state index is 10.9. The SMILES string of the molecule is C=CCCNCC(C)C(=O)OC. The van der Waals surface area contributed by atoms with E-state index in [2.05, 4.69) is 16.6 Å². The molecule has 1 unspecified atom stereocenters. The minimum atomic E-state index is -0.166. The predicted molar refractivity (Wildman–Crippen MR) is 48.9 cm³/mol. The van der Waals surface area contributed by atoms with Crippen LogP contribution in [0, 0.1) is 5.92 Å². The summed E-state index contributed by atoms with van der Waals surface area (Å²) < 4.78 is 4.57. The highest BCUT2D eigenvalue weighted by Crippen LogP contribution is 1.94. The van der Waals surface area contributed by atoms with Crippen LogP contribution in [0.15, 0.2) is 12.7 Å². The molecule has 0 aliphatic carbocycles. The Morgan fingerprint density at radius 1 is 1.75 bits per heavy atom. The summed E-state index contributed by atoms with van der Waals surface area (Å²) in [6, 6.07) is 0. The number of rotatable bonds is 6. The van der Waals surface area contributed by atoms with Gasteiger partial charge in [0.15, 0.2) is 0 Å². The van der Waals surface area contributed by atoms with Gasteiger partial charge in [-0.15, -0.1) is 6.58 Å². The number of nitrogens with one attached hydrogen (secondary N) is 1. The molecular formula is C9H17NO2. The molecule has 0 saturated carbocycles. The lowest BCUT2D eigenvalue weighted by Crippen LogP contribution is -2.27. The molecule has 0 aromatic heterocycles. The summed E-state index contributed by atoms with van der Waals surface area (Å²) in [5.41, 5.74) is 0. The van der Waals surface area contributed by atoms with E-state index in [0.717, 1.165) is 13.0 Å². The molecule has 3 nitrogen and oxygen atoms in total. The van der Waals surface area contributed by atoms with Crippen molar-refractivity contribution >= 4 is 5.97 Å². The Bertz CT molecular complexity index is 145. The third-order valence-electron chi connectivity index (χ3n) is 1.58. The van der Waals surface area contributed by atoms with Crippen LogP contribution in [0.5, 0.6) is 0 Å². The number of ether oxygens (including phenoxy) is 1. The second-order valence-corrected chi connectivity index (χ2v) is 2.71. The third-order valence-corrected chi connectivity index (χ3v) is 1.58. The summed E-state index contributed by atoms with van der Waals surface area (Å²) in [6.07, 6.45) is 2.77. The van der Waals surface area contributed by atoms with Gasteiger partial charge >= 0.3 is 5.97 Å². The van der Waals surface area contributed by atoms with Crippen molar-refractivity contribution in [2.45, 2.75) is 13.3 Å². The van der Waals surface area contributed by atoms with E-state index >= 15 is 0 Å². The van der Waals surface area contributed by atoms with Gasteiger partial charge in [-0.05, 0) is 13.0 Å². The van der Waals surface area contributed by atoms with Crippen LogP contribution < -0.4 is 5.32 Å². The molecule has 0 aromatic rings. The maximum Gasteiger partial charge on any atom is 0.309 e. The molecule has 0 spiro atoms. The average molecular weight is 171 g/mol. The van der Waals surface area contributed by atoms with Crippen LogP contribution in [-0.4, -0.2) is 26.2 Å².